The molecule has 0 N–H and O–H groups in total. The number of aromatic nitrogens is 1. The first kappa shape index (κ1) is 16.8. The number of oxazole rings is 1. The predicted octanol–water partition coefficient (Wildman–Crippen LogP) is 4.54. The highest BCUT2D eigenvalue weighted by Crippen LogP contribution is 2.21. The van der Waals surface area contributed by atoms with Gasteiger partial charge in [-0.05, 0) is 49.8 Å². The monoisotopic (exact) mass is 337 g/mol. The molecule has 0 aliphatic carbocycles. The van der Waals surface area contributed by atoms with Crippen LogP contribution < -0.4 is 9.47 Å². The van der Waals surface area contributed by atoms with Gasteiger partial charge in [0.25, 0.3) is 0 Å². The Kier molecular flexibility index (Phi) is 4.84. The van der Waals surface area contributed by atoms with Crippen LogP contribution in [0.1, 0.15) is 25.3 Å². The lowest BCUT2D eigenvalue weighted by Gasteiger charge is -2.09. The van der Waals surface area contributed by atoms with Gasteiger partial charge in [-0.3, -0.25) is 0 Å². The summed E-state index contributed by atoms with van der Waals surface area (Å²) in [6, 6.07) is 12.6. The molecule has 3 rings (SSSR count). The summed E-state index contributed by atoms with van der Waals surface area (Å²) < 4.78 is 16.3. The molecule has 0 aliphatic heterocycles. The number of hydrogen-bond donors (Lipinski definition) is 0. The normalized spacial score (nSPS) is 11.4. The third-order valence-corrected chi connectivity index (χ3v) is 3.33. The van der Waals surface area contributed by atoms with E-state index >= 15 is 0 Å². The first-order valence-corrected chi connectivity index (χ1v) is 8.03. The molecule has 0 unspecified atom stereocenters. The van der Waals surface area contributed by atoms with Crippen LogP contribution in [0.2, 0.25) is 0 Å². The lowest BCUT2D eigenvalue weighted by atomic mass is 10.2. The Hall–Kier alpha value is -3.08. The van der Waals surface area contributed by atoms with Gasteiger partial charge >= 0.3 is 5.97 Å². The van der Waals surface area contributed by atoms with Gasteiger partial charge in [-0.15, -0.1) is 0 Å². The molecular weight excluding hydrogens is 318 g/mol. The molecule has 0 fully saturated rings. The molecule has 1 heterocycles. The fourth-order valence-electron chi connectivity index (χ4n) is 2.36. The Morgan fingerprint density at radius 3 is 2.80 bits per heavy atom. The van der Waals surface area contributed by atoms with Crippen molar-refractivity contribution >= 4 is 23.1 Å². The summed E-state index contributed by atoms with van der Waals surface area (Å²) in [6.45, 7) is 5.70. The van der Waals surface area contributed by atoms with Gasteiger partial charge < -0.3 is 13.9 Å². The maximum atomic E-state index is 12.0. The summed E-state index contributed by atoms with van der Waals surface area (Å²) >= 11 is 0. The smallest absolute Gasteiger partial charge is 0.336 e. The summed E-state index contributed by atoms with van der Waals surface area (Å²) in [5.74, 6) is 1.29. The van der Waals surface area contributed by atoms with Crippen molar-refractivity contribution in [3.63, 3.8) is 0 Å². The van der Waals surface area contributed by atoms with Crippen molar-refractivity contribution in [2.24, 2.45) is 0 Å². The lowest BCUT2D eigenvalue weighted by molar-refractivity contribution is -0.128. The highest BCUT2D eigenvalue weighted by atomic mass is 16.5. The second-order valence-corrected chi connectivity index (χ2v) is 5.86. The lowest BCUT2D eigenvalue weighted by Crippen LogP contribution is -2.05. The van der Waals surface area contributed by atoms with E-state index in [9.17, 15) is 4.79 Å². The van der Waals surface area contributed by atoms with Gasteiger partial charge in [0.2, 0.25) is 0 Å². The van der Waals surface area contributed by atoms with E-state index in [-0.39, 0.29) is 6.10 Å². The number of benzene rings is 2. The molecule has 0 atom stereocenters. The number of fused-ring (bicyclic) bond motifs is 1. The average molecular weight is 337 g/mol. The first-order chi connectivity index (χ1) is 12.0. The molecule has 25 heavy (non-hydrogen) atoms. The molecule has 2 aromatic carbocycles. The van der Waals surface area contributed by atoms with Gasteiger partial charge in [-0.2, -0.15) is 0 Å². The molecule has 0 saturated heterocycles. The third-order valence-electron chi connectivity index (χ3n) is 3.33. The van der Waals surface area contributed by atoms with Gasteiger partial charge in [-0.1, -0.05) is 12.1 Å². The topological polar surface area (TPSA) is 61.6 Å². The Morgan fingerprint density at radius 1 is 1.16 bits per heavy atom. The van der Waals surface area contributed by atoms with E-state index in [4.69, 9.17) is 13.9 Å². The first-order valence-electron chi connectivity index (χ1n) is 8.03. The fraction of sp³-hybridized carbons (Fsp3) is 0.200. The van der Waals surface area contributed by atoms with E-state index in [1.165, 1.54) is 6.08 Å². The average Bonchev–Trinajstić information content (AvgIpc) is 2.92. The van der Waals surface area contributed by atoms with E-state index < -0.39 is 5.97 Å². The number of ether oxygens (including phenoxy) is 2. The van der Waals surface area contributed by atoms with Crippen LogP contribution in [0.4, 0.5) is 0 Å². The maximum Gasteiger partial charge on any atom is 0.336 e. The van der Waals surface area contributed by atoms with Crippen LogP contribution >= 0.6 is 0 Å². The minimum Gasteiger partial charge on any atom is -0.491 e. The molecule has 1 aromatic heterocycles. The standard InChI is InChI=1S/C20H19NO4/c1-13(2)23-16-6-4-5-15(11-16)7-10-20(22)25-17-8-9-19-18(12-17)21-14(3)24-19/h4-13H,1-3H3/b10-7+. The molecule has 0 bridgehead atoms. The van der Waals surface area contributed by atoms with E-state index in [0.29, 0.717) is 22.7 Å². The summed E-state index contributed by atoms with van der Waals surface area (Å²) in [5, 5.41) is 0. The van der Waals surface area contributed by atoms with Crippen molar-refractivity contribution in [1.29, 1.82) is 0 Å². The SMILES string of the molecule is Cc1nc2cc(OC(=O)/C=C/c3cccc(OC(C)C)c3)ccc2o1. The number of nitrogens with zero attached hydrogens (tertiary/aromatic N) is 1. The Labute approximate surface area is 145 Å². The van der Waals surface area contributed by atoms with Crippen LogP contribution in [0.5, 0.6) is 11.5 Å². The van der Waals surface area contributed by atoms with E-state index in [1.54, 1.807) is 31.2 Å². The van der Waals surface area contributed by atoms with Crippen molar-refractivity contribution in [2.75, 3.05) is 0 Å². The molecule has 0 radical (unpaired) electrons. The number of aryl methyl sites for hydroxylation is 1. The Bertz CT molecular complexity index is 924. The number of esters is 1. The van der Waals surface area contributed by atoms with Crippen molar-refractivity contribution in [3.05, 3.63) is 60.0 Å². The van der Waals surface area contributed by atoms with Crippen LogP contribution in [0, 0.1) is 6.92 Å². The summed E-state index contributed by atoms with van der Waals surface area (Å²) in [4.78, 5) is 16.2. The number of carbonyl (C=O) groups excluding carboxylic acids is 1. The summed E-state index contributed by atoms with van der Waals surface area (Å²) in [7, 11) is 0. The summed E-state index contributed by atoms with van der Waals surface area (Å²) in [6.07, 6.45) is 3.17. The Morgan fingerprint density at radius 2 is 2.00 bits per heavy atom. The van der Waals surface area contributed by atoms with E-state index in [0.717, 1.165) is 11.3 Å². The second-order valence-electron chi connectivity index (χ2n) is 5.86. The van der Waals surface area contributed by atoms with Gasteiger partial charge in [0, 0.05) is 19.1 Å². The second kappa shape index (κ2) is 7.21. The maximum absolute atomic E-state index is 12.0. The highest BCUT2D eigenvalue weighted by molar-refractivity contribution is 5.89. The molecule has 0 amide bonds. The van der Waals surface area contributed by atoms with Crippen molar-refractivity contribution < 1.29 is 18.7 Å². The largest absolute Gasteiger partial charge is 0.491 e. The van der Waals surface area contributed by atoms with Crippen LogP contribution in [-0.4, -0.2) is 17.1 Å². The van der Waals surface area contributed by atoms with Crippen molar-refractivity contribution in [2.45, 2.75) is 26.9 Å². The van der Waals surface area contributed by atoms with Crippen LogP contribution in [0.3, 0.4) is 0 Å². The van der Waals surface area contributed by atoms with Gasteiger partial charge in [0.05, 0.1) is 6.10 Å². The fourth-order valence-corrected chi connectivity index (χ4v) is 2.36. The predicted molar refractivity (Wildman–Crippen MR) is 95.6 cm³/mol. The zero-order valence-corrected chi connectivity index (χ0v) is 14.4. The van der Waals surface area contributed by atoms with Gasteiger partial charge in [0.1, 0.15) is 17.0 Å². The van der Waals surface area contributed by atoms with E-state index in [1.807, 2.05) is 38.1 Å². The molecular formula is C20H19NO4. The summed E-state index contributed by atoms with van der Waals surface area (Å²) in [5.41, 5.74) is 2.18. The molecule has 0 spiro atoms. The van der Waals surface area contributed by atoms with E-state index in [2.05, 4.69) is 4.98 Å². The highest BCUT2D eigenvalue weighted by Gasteiger charge is 2.06. The molecule has 0 saturated carbocycles. The number of carbonyl (C=O) groups is 1. The van der Waals surface area contributed by atoms with Crippen LogP contribution in [0.25, 0.3) is 17.2 Å². The van der Waals surface area contributed by atoms with Crippen molar-refractivity contribution in [3.8, 4) is 11.5 Å². The molecule has 5 heteroatoms. The number of hydrogen-bond acceptors (Lipinski definition) is 5. The quantitative estimate of drug-likeness (QED) is 0.388. The minimum absolute atomic E-state index is 0.0966. The molecule has 3 aromatic rings. The molecule has 5 nitrogen and oxygen atoms in total. The number of rotatable bonds is 5. The third kappa shape index (κ3) is 4.47. The zero-order chi connectivity index (χ0) is 17.8. The minimum atomic E-state index is -0.463. The molecule has 0 aliphatic rings. The zero-order valence-electron chi connectivity index (χ0n) is 14.4. The van der Waals surface area contributed by atoms with Gasteiger partial charge in [0.15, 0.2) is 11.5 Å². The Balaban J connectivity index is 1.67. The van der Waals surface area contributed by atoms with Gasteiger partial charge in [-0.25, -0.2) is 9.78 Å². The van der Waals surface area contributed by atoms with Crippen LogP contribution in [-0.2, 0) is 4.79 Å². The van der Waals surface area contributed by atoms with Crippen molar-refractivity contribution in [1.82, 2.24) is 4.98 Å². The van der Waals surface area contributed by atoms with Crippen LogP contribution in [0.15, 0.2) is 53.0 Å². The molecule has 128 valence electrons.